The van der Waals surface area contributed by atoms with Crippen LogP contribution in [-0.2, 0) is 13.0 Å². The molecule has 0 unspecified atom stereocenters. The number of fused-ring (bicyclic) bond motifs is 1. The fourth-order valence-corrected chi connectivity index (χ4v) is 3.28. The number of carbonyl (C=O) groups excluding carboxylic acids is 1. The second kappa shape index (κ2) is 5.98. The van der Waals surface area contributed by atoms with Crippen molar-refractivity contribution in [3.05, 3.63) is 17.1 Å². The van der Waals surface area contributed by atoms with Gasteiger partial charge in [-0.15, -0.1) is 0 Å². The molecule has 3 rings (SSSR count). The molecular formula is C17H27N5O. The quantitative estimate of drug-likeness (QED) is 0.863. The van der Waals surface area contributed by atoms with Crippen LogP contribution in [0.1, 0.15) is 50.7 Å². The van der Waals surface area contributed by atoms with Gasteiger partial charge in [-0.1, -0.05) is 0 Å². The van der Waals surface area contributed by atoms with E-state index in [-0.39, 0.29) is 11.6 Å². The molecule has 6 nitrogen and oxygen atoms in total. The first kappa shape index (κ1) is 16.0. The van der Waals surface area contributed by atoms with Crippen LogP contribution in [0.4, 0.5) is 10.6 Å². The van der Waals surface area contributed by atoms with Gasteiger partial charge in [0.2, 0.25) is 0 Å². The van der Waals surface area contributed by atoms with Gasteiger partial charge in [0.05, 0.1) is 12.2 Å². The fourth-order valence-electron chi connectivity index (χ4n) is 3.28. The number of amides is 2. The SMILES string of the molecule is Cc1nc2c(c(N3CCCC3)n1)CN(C(=O)NC(C)(C)C)CC2. The minimum absolute atomic E-state index is 0.00361. The minimum atomic E-state index is -0.223. The van der Waals surface area contributed by atoms with Crippen molar-refractivity contribution < 1.29 is 4.79 Å². The average molecular weight is 317 g/mol. The third kappa shape index (κ3) is 3.57. The van der Waals surface area contributed by atoms with E-state index in [1.165, 1.54) is 12.8 Å². The molecule has 1 aromatic heterocycles. The Balaban J connectivity index is 1.85. The Morgan fingerprint density at radius 3 is 2.48 bits per heavy atom. The van der Waals surface area contributed by atoms with Gasteiger partial charge in [0.25, 0.3) is 0 Å². The number of anilines is 1. The van der Waals surface area contributed by atoms with Crippen molar-refractivity contribution >= 4 is 11.8 Å². The van der Waals surface area contributed by atoms with Crippen LogP contribution in [0, 0.1) is 6.92 Å². The van der Waals surface area contributed by atoms with Crippen LogP contribution in [0.2, 0.25) is 0 Å². The van der Waals surface area contributed by atoms with Gasteiger partial charge >= 0.3 is 6.03 Å². The van der Waals surface area contributed by atoms with Crippen LogP contribution in [0.5, 0.6) is 0 Å². The monoisotopic (exact) mass is 317 g/mol. The lowest BCUT2D eigenvalue weighted by Crippen LogP contribution is -2.50. The van der Waals surface area contributed by atoms with E-state index in [1.807, 2.05) is 32.6 Å². The van der Waals surface area contributed by atoms with E-state index in [0.29, 0.717) is 13.1 Å². The normalized spacial score (nSPS) is 18.1. The van der Waals surface area contributed by atoms with Crippen LogP contribution in [0.3, 0.4) is 0 Å². The highest BCUT2D eigenvalue weighted by atomic mass is 16.2. The Morgan fingerprint density at radius 1 is 1.13 bits per heavy atom. The first-order valence-corrected chi connectivity index (χ1v) is 8.52. The molecule has 2 aliphatic rings. The summed E-state index contributed by atoms with van der Waals surface area (Å²) in [6.45, 7) is 11.4. The highest BCUT2D eigenvalue weighted by Crippen LogP contribution is 2.29. The molecule has 1 N–H and O–H groups in total. The number of hydrogen-bond donors (Lipinski definition) is 1. The molecule has 2 aliphatic heterocycles. The van der Waals surface area contributed by atoms with E-state index in [4.69, 9.17) is 4.98 Å². The summed E-state index contributed by atoms with van der Waals surface area (Å²) in [5.41, 5.74) is 2.02. The fraction of sp³-hybridized carbons (Fsp3) is 0.706. The molecule has 0 saturated carbocycles. The van der Waals surface area contributed by atoms with Crippen molar-refractivity contribution in [2.45, 2.75) is 59.0 Å². The van der Waals surface area contributed by atoms with Gasteiger partial charge in [0.1, 0.15) is 11.6 Å². The van der Waals surface area contributed by atoms with E-state index < -0.39 is 0 Å². The smallest absolute Gasteiger partial charge is 0.318 e. The number of hydrogen-bond acceptors (Lipinski definition) is 4. The summed E-state index contributed by atoms with van der Waals surface area (Å²) in [7, 11) is 0. The van der Waals surface area contributed by atoms with Crippen molar-refractivity contribution in [3.63, 3.8) is 0 Å². The van der Waals surface area contributed by atoms with Crippen molar-refractivity contribution in [2.24, 2.45) is 0 Å². The molecule has 3 heterocycles. The average Bonchev–Trinajstić information content (AvgIpc) is 2.98. The van der Waals surface area contributed by atoms with Crippen LogP contribution in [0.25, 0.3) is 0 Å². The number of rotatable bonds is 1. The first-order chi connectivity index (χ1) is 10.8. The molecule has 23 heavy (non-hydrogen) atoms. The minimum Gasteiger partial charge on any atom is -0.356 e. The summed E-state index contributed by atoms with van der Waals surface area (Å²) >= 11 is 0. The Morgan fingerprint density at radius 2 is 1.83 bits per heavy atom. The summed E-state index contributed by atoms with van der Waals surface area (Å²) in [4.78, 5) is 26.0. The number of aryl methyl sites for hydroxylation is 1. The third-order valence-electron chi connectivity index (χ3n) is 4.32. The van der Waals surface area contributed by atoms with Gasteiger partial charge in [-0.25, -0.2) is 14.8 Å². The summed E-state index contributed by atoms with van der Waals surface area (Å²) in [5.74, 6) is 1.87. The maximum atomic E-state index is 12.5. The Hall–Kier alpha value is -1.85. The number of nitrogens with zero attached hydrogens (tertiary/aromatic N) is 4. The Bertz CT molecular complexity index is 602. The Kier molecular flexibility index (Phi) is 4.17. The number of aromatic nitrogens is 2. The predicted molar refractivity (Wildman–Crippen MR) is 90.6 cm³/mol. The van der Waals surface area contributed by atoms with E-state index in [0.717, 1.165) is 42.4 Å². The number of urea groups is 1. The molecule has 1 aromatic rings. The molecule has 1 fully saturated rings. The van der Waals surface area contributed by atoms with E-state index in [1.54, 1.807) is 0 Å². The zero-order chi connectivity index (χ0) is 16.6. The van der Waals surface area contributed by atoms with Gasteiger partial charge in [0.15, 0.2) is 0 Å². The molecule has 0 atom stereocenters. The maximum absolute atomic E-state index is 12.5. The second-order valence-corrected chi connectivity index (χ2v) is 7.57. The van der Waals surface area contributed by atoms with Gasteiger partial charge in [0, 0.05) is 37.2 Å². The van der Waals surface area contributed by atoms with Crippen LogP contribution < -0.4 is 10.2 Å². The summed E-state index contributed by atoms with van der Waals surface area (Å²) in [5, 5.41) is 3.05. The zero-order valence-corrected chi connectivity index (χ0v) is 14.6. The van der Waals surface area contributed by atoms with Gasteiger partial charge in [-0.05, 0) is 40.5 Å². The molecule has 0 aliphatic carbocycles. The third-order valence-corrected chi connectivity index (χ3v) is 4.32. The van der Waals surface area contributed by atoms with Crippen LogP contribution in [0.15, 0.2) is 0 Å². The largest absolute Gasteiger partial charge is 0.356 e. The molecule has 1 saturated heterocycles. The Labute approximate surface area is 138 Å². The summed E-state index contributed by atoms with van der Waals surface area (Å²) in [6, 6.07) is -0.00361. The van der Waals surface area contributed by atoms with Gasteiger partial charge in [-0.2, -0.15) is 0 Å². The molecule has 0 spiro atoms. The van der Waals surface area contributed by atoms with Gasteiger partial charge < -0.3 is 15.1 Å². The molecular weight excluding hydrogens is 290 g/mol. The van der Waals surface area contributed by atoms with E-state index in [9.17, 15) is 4.79 Å². The van der Waals surface area contributed by atoms with Crippen LogP contribution >= 0.6 is 0 Å². The molecule has 0 radical (unpaired) electrons. The summed E-state index contributed by atoms with van der Waals surface area (Å²) < 4.78 is 0. The highest BCUT2D eigenvalue weighted by Gasteiger charge is 2.29. The van der Waals surface area contributed by atoms with Crippen molar-refractivity contribution in [1.29, 1.82) is 0 Å². The lowest BCUT2D eigenvalue weighted by Gasteiger charge is -2.33. The second-order valence-electron chi connectivity index (χ2n) is 7.57. The molecule has 0 aromatic carbocycles. The number of nitrogens with one attached hydrogen (secondary N) is 1. The number of carbonyl (C=O) groups is 1. The lowest BCUT2D eigenvalue weighted by molar-refractivity contribution is 0.183. The maximum Gasteiger partial charge on any atom is 0.318 e. The van der Waals surface area contributed by atoms with E-state index in [2.05, 4.69) is 15.2 Å². The van der Waals surface area contributed by atoms with Crippen LogP contribution in [-0.4, -0.2) is 46.1 Å². The zero-order valence-electron chi connectivity index (χ0n) is 14.6. The molecule has 126 valence electrons. The molecule has 2 amide bonds. The lowest BCUT2D eigenvalue weighted by atomic mass is 10.1. The van der Waals surface area contributed by atoms with Gasteiger partial charge in [-0.3, -0.25) is 0 Å². The predicted octanol–water partition coefficient (Wildman–Crippen LogP) is 2.25. The highest BCUT2D eigenvalue weighted by molar-refractivity contribution is 5.75. The molecule has 0 bridgehead atoms. The summed E-state index contributed by atoms with van der Waals surface area (Å²) in [6.07, 6.45) is 3.23. The van der Waals surface area contributed by atoms with Crippen molar-refractivity contribution in [1.82, 2.24) is 20.2 Å². The van der Waals surface area contributed by atoms with Crippen molar-refractivity contribution in [3.8, 4) is 0 Å². The van der Waals surface area contributed by atoms with E-state index >= 15 is 0 Å². The first-order valence-electron chi connectivity index (χ1n) is 8.52. The topological polar surface area (TPSA) is 61.4 Å². The standard InChI is InChI=1S/C17H27N5O/c1-12-18-14-7-10-22(16(23)20-17(2,3)4)11-13(14)15(19-12)21-8-5-6-9-21/h5-11H2,1-4H3,(H,20,23). The van der Waals surface area contributed by atoms with Crippen molar-refractivity contribution in [2.75, 3.05) is 24.5 Å². The molecule has 6 heteroatoms.